The molecule has 10 nitrogen and oxygen atoms in total. The van der Waals surface area contributed by atoms with Crippen molar-refractivity contribution in [3.63, 3.8) is 0 Å². The lowest BCUT2D eigenvalue weighted by Crippen LogP contribution is -2.21. The topological polar surface area (TPSA) is 147 Å². The molecule has 0 saturated carbocycles. The second-order valence-corrected chi connectivity index (χ2v) is 10.9. The first-order valence-corrected chi connectivity index (χ1v) is 12.6. The average molecular weight is 495 g/mol. The number of primary sulfonamides is 1. The van der Waals surface area contributed by atoms with Crippen LogP contribution in [-0.4, -0.2) is 51.2 Å². The summed E-state index contributed by atoms with van der Waals surface area (Å²) in [5, 5.41) is 12.1. The second-order valence-electron chi connectivity index (χ2n) is 7.37. The zero-order valence-electron chi connectivity index (χ0n) is 18.0. The Labute approximate surface area is 191 Å². The van der Waals surface area contributed by atoms with E-state index in [1.54, 1.807) is 43.4 Å². The van der Waals surface area contributed by atoms with E-state index in [9.17, 15) is 21.2 Å². The van der Waals surface area contributed by atoms with Gasteiger partial charge >= 0.3 is 0 Å². The molecule has 1 aromatic carbocycles. The number of aryl methyl sites for hydroxylation is 1. The van der Waals surface area contributed by atoms with E-state index in [2.05, 4.69) is 20.6 Å². The molecule has 176 valence electrons. The maximum absolute atomic E-state index is 14.3. The predicted molar refractivity (Wildman–Crippen MR) is 124 cm³/mol. The minimum absolute atomic E-state index is 0.0320. The number of nitrogens with zero attached hydrogens (tertiary/aromatic N) is 3. The van der Waals surface area contributed by atoms with E-state index < -0.39 is 31.9 Å². The molecule has 2 aromatic rings. The number of allylic oxidation sites excluding steroid dienone is 3. The highest BCUT2D eigenvalue weighted by Crippen LogP contribution is 2.23. The molecule has 0 atom stereocenters. The summed E-state index contributed by atoms with van der Waals surface area (Å²) < 4.78 is 62.7. The van der Waals surface area contributed by atoms with Crippen LogP contribution in [0.3, 0.4) is 0 Å². The van der Waals surface area contributed by atoms with Crippen LogP contribution in [0.25, 0.3) is 0 Å². The average Bonchev–Trinajstić information content (AvgIpc) is 2.72. The van der Waals surface area contributed by atoms with Crippen molar-refractivity contribution in [3.05, 3.63) is 71.1 Å². The number of halogens is 1. The van der Waals surface area contributed by atoms with Crippen LogP contribution in [0.15, 0.2) is 64.6 Å². The molecule has 0 radical (unpaired) electrons. The monoisotopic (exact) mass is 494 g/mol. The summed E-state index contributed by atoms with van der Waals surface area (Å²) in [5.41, 5.74) is 1.31. The molecular weight excluding hydrogens is 471 g/mol. The maximum atomic E-state index is 14.3. The minimum Gasteiger partial charge on any atom is -0.358 e. The quantitative estimate of drug-likeness (QED) is 0.529. The first-order valence-electron chi connectivity index (χ1n) is 9.55. The summed E-state index contributed by atoms with van der Waals surface area (Å²) >= 11 is 0. The molecule has 0 aliphatic heterocycles. The molecule has 1 aliphatic rings. The van der Waals surface area contributed by atoms with E-state index in [4.69, 9.17) is 5.14 Å². The fourth-order valence-corrected chi connectivity index (χ4v) is 4.32. The second kappa shape index (κ2) is 9.39. The molecule has 4 N–H and O–H groups in total. The lowest BCUT2D eigenvalue weighted by atomic mass is 10.1. The number of aromatic nitrogens is 2. The van der Waals surface area contributed by atoms with Crippen molar-refractivity contribution in [2.45, 2.75) is 17.9 Å². The van der Waals surface area contributed by atoms with E-state index in [-0.39, 0.29) is 16.7 Å². The minimum atomic E-state index is -3.92. The molecule has 33 heavy (non-hydrogen) atoms. The largest absolute Gasteiger partial charge is 0.358 e. The van der Waals surface area contributed by atoms with E-state index in [0.29, 0.717) is 16.8 Å². The zero-order chi connectivity index (χ0) is 24.4. The van der Waals surface area contributed by atoms with Crippen LogP contribution in [0, 0.1) is 12.7 Å². The molecule has 13 heteroatoms. The van der Waals surface area contributed by atoms with Crippen LogP contribution >= 0.6 is 0 Å². The van der Waals surface area contributed by atoms with Gasteiger partial charge in [-0.15, -0.1) is 0 Å². The lowest BCUT2D eigenvalue weighted by molar-refractivity contribution is 0.531. The molecule has 0 bridgehead atoms. The van der Waals surface area contributed by atoms with E-state index in [1.165, 1.54) is 20.2 Å². The number of hydrogen-bond donors (Lipinski definition) is 3. The molecule has 0 fully saturated rings. The van der Waals surface area contributed by atoms with Crippen molar-refractivity contribution in [2.75, 3.05) is 24.7 Å². The zero-order valence-corrected chi connectivity index (χ0v) is 19.7. The summed E-state index contributed by atoms with van der Waals surface area (Å²) in [6.45, 7) is 1.61. The first kappa shape index (κ1) is 24.5. The SMILES string of the molecule is Cc1ccc(Nc2ncc(F)c(NC3C=CC(=CS(=O)(=O)N(C)C)C=C3)n2)cc1S(N)(=O)=O. The number of rotatable bonds is 7. The third kappa shape index (κ3) is 6.22. The van der Waals surface area contributed by atoms with Gasteiger partial charge in [0.15, 0.2) is 11.6 Å². The highest BCUT2D eigenvalue weighted by Gasteiger charge is 2.16. The molecule has 0 saturated heterocycles. The highest BCUT2D eigenvalue weighted by atomic mass is 32.2. The Balaban J connectivity index is 1.77. The third-order valence-electron chi connectivity index (χ3n) is 4.58. The molecule has 0 amide bonds. The van der Waals surface area contributed by atoms with Gasteiger partial charge in [-0.3, -0.25) is 0 Å². The van der Waals surface area contributed by atoms with Crippen LogP contribution in [0.5, 0.6) is 0 Å². The molecule has 1 heterocycles. The number of nitrogens with two attached hydrogens (primary N) is 1. The van der Waals surface area contributed by atoms with Crippen LogP contribution in [0.4, 0.5) is 21.8 Å². The van der Waals surface area contributed by atoms with E-state index >= 15 is 0 Å². The molecule has 0 spiro atoms. The Bertz CT molecular complexity index is 1350. The van der Waals surface area contributed by atoms with Gasteiger partial charge in [0.05, 0.1) is 22.5 Å². The maximum Gasteiger partial charge on any atom is 0.238 e. The summed E-state index contributed by atoms with van der Waals surface area (Å²) in [5.74, 6) is -0.767. The summed E-state index contributed by atoms with van der Waals surface area (Å²) in [6.07, 6.45) is 7.47. The summed E-state index contributed by atoms with van der Waals surface area (Å²) in [6, 6.07) is 4.08. The standard InChI is InChI=1S/C20H23FN6O4S2/c1-13-4-7-16(10-18(13)33(22,30)31)25-20-23-11-17(21)19(26-20)24-15-8-5-14(6-9-15)12-32(28,29)27(2)3/h4-12,15H,1-3H3,(H2,22,30,31)(H2,23,24,25,26). The molecule has 1 aliphatic carbocycles. The normalized spacial score (nSPS) is 16.2. The number of nitrogens with one attached hydrogen (secondary N) is 2. The van der Waals surface area contributed by atoms with Gasteiger partial charge in [-0.05, 0) is 30.2 Å². The van der Waals surface area contributed by atoms with Gasteiger partial charge in [-0.1, -0.05) is 30.4 Å². The van der Waals surface area contributed by atoms with Gasteiger partial charge < -0.3 is 10.6 Å². The first-order chi connectivity index (χ1) is 15.3. The smallest absolute Gasteiger partial charge is 0.238 e. The van der Waals surface area contributed by atoms with Crippen molar-refractivity contribution in [3.8, 4) is 0 Å². The number of hydrogen-bond acceptors (Lipinski definition) is 8. The fraction of sp³-hybridized carbons (Fsp3) is 0.200. The predicted octanol–water partition coefficient (Wildman–Crippen LogP) is 2.00. The van der Waals surface area contributed by atoms with Crippen molar-refractivity contribution >= 4 is 37.5 Å². The third-order valence-corrected chi connectivity index (χ3v) is 7.23. The van der Waals surface area contributed by atoms with Crippen molar-refractivity contribution in [2.24, 2.45) is 5.14 Å². The molecule has 1 aromatic heterocycles. The lowest BCUT2D eigenvalue weighted by Gasteiger charge is -2.16. The molecule has 0 unspecified atom stereocenters. The fourth-order valence-electron chi connectivity index (χ4n) is 2.80. The van der Waals surface area contributed by atoms with Gasteiger partial charge in [0.25, 0.3) is 0 Å². The Hall–Kier alpha value is -3.13. The Kier molecular flexibility index (Phi) is 6.97. The van der Waals surface area contributed by atoms with Gasteiger partial charge in [-0.2, -0.15) is 4.98 Å². The number of sulfonamides is 2. The van der Waals surface area contributed by atoms with Crippen LogP contribution in [-0.2, 0) is 20.0 Å². The van der Waals surface area contributed by atoms with Crippen LogP contribution in [0.1, 0.15) is 5.56 Å². The van der Waals surface area contributed by atoms with Gasteiger partial charge in [0.2, 0.25) is 26.0 Å². The highest BCUT2D eigenvalue weighted by molar-refractivity contribution is 7.92. The Morgan fingerprint density at radius 3 is 2.42 bits per heavy atom. The summed E-state index contributed by atoms with van der Waals surface area (Å²) in [7, 11) is -4.57. The van der Waals surface area contributed by atoms with Crippen LogP contribution in [0.2, 0.25) is 0 Å². The van der Waals surface area contributed by atoms with Crippen LogP contribution < -0.4 is 15.8 Å². The van der Waals surface area contributed by atoms with Crippen molar-refractivity contribution in [1.82, 2.24) is 14.3 Å². The van der Waals surface area contributed by atoms with Crippen molar-refractivity contribution < 1.29 is 21.2 Å². The Morgan fingerprint density at radius 2 is 1.82 bits per heavy atom. The number of benzene rings is 1. The van der Waals surface area contributed by atoms with E-state index in [1.807, 2.05) is 0 Å². The summed E-state index contributed by atoms with van der Waals surface area (Å²) in [4.78, 5) is 7.93. The molecular formula is C20H23FN6O4S2. The number of anilines is 3. The van der Waals surface area contributed by atoms with Gasteiger partial charge in [0, 0.05) is 19.8 Å². The van der Waals surface area contributed by atoms with Gasteiger partial charge in [-0.25, -0.2) is 35.7 Å². The van der Waals surface area contributed by atoms with Gasteiger partial charge in [0.1, 0.15) is 0 Å². The van der Waals surface area contributed by atoms with E-state index in [0.717, 1.165) is 15.9 Å². The Morgan fingerprint density at radius 1 is 1.15 bits per heavy atom. The van der Waals surface area contributed by atoms with Crippen molar-refractivity contribution in [1.29, 1.82) is 0 Å². The molecule has 3 rings (SSSR count).